The second-order valence-corrected chi connectivity index (χ2v) is 9.96. The van der Waals surface area contributed by atoms with Crippen LogP contribution in [0.2, 0.25) is 19.6 Å². The normalized spacial score (nSPS) is 12.7. The Hall–Kier alpha value is -1.53. The summed E-state index contributed by atoms with van der Waals surface area (Å²) < 4.78 is 15.9. The molecule has 1 unspecified atom stereocenters. The Morgan fingerprint density at radius 1 is 1.25 bits per heavy atom. The standard InChI is InChI=1S/C14H23NO4Si/c1-17-13-9-10(8-11(15)14(16)18-2)6-7-12(13)19-20(3,4)5/h6-7,9,11H,8,15H2,1-5H3. The smallest absolute Gasteiger partial charge is 0.322 e. The number of carbonyl (C=O) groups is 1. The van der Waals surface area contributed by atoms with Crippen molar-refractivity contribution in [2.24, 2.45) is 5.73 Å². The molecule has 0 saturated carbocycles. The quantitative estimate of drug-likeness (QED) is 0.642. The lowest BCUT2D eigenvalue weighted by atomic mass is 10.1. The Kier molecular flexibility index (Phi) is 5.59. The van der Waals surface area contributed by atoms with Crippen molar-refractivity contribution < 1.29 is 18.7 Å². The lowest BCUT2D eigenvalue weighted by molar-refractivity contribution is -0.142. The molecule has 0 spiro atoms. The summed E-state index contributed by atoms with van der Waals surface area (Å²) in [6.45, 7) is 6.31. The Morgan fingerprint density at radius 2 is 1.90 bits per heavy atom. The number of benzene rings is 1. The van der Waals surface area contributed by atoms with Crippen LogP contribution in [0.4, 0.5) is 0 Å². The summed E-state index contributed by atoms with van der Waals surface area (Å²) in [5.41, 5.74) is 6.66. The molecule has 0 fully saturated rings. The topological polar surface area (TPSA) is 70.8 Å². The molecule has 0 aliphatic carbocycles. The lowest BCUT2D eigenvalue weighted by Gasteiger charge is -2.21. The van der Waals surface area contributed by atoms with Crippen LogP contribution < -0.4 is 14.9 Å². The maximum Gasteiger partial charge on any atom is 0.322 e. The van der Waals surface area contributed by atoms with Gasteiger partial charge in [-0.25, -0.2) is 0 Å². The van der Waals surface area contributed by atoms with Crippen LogP contribution in [0.3, 0.4) is 0 Å². The molecule has 0 amide bonds. The lowest BCUT2D eigenvalue weighted by Crippen LogP contribution is -2.33. The summed E-state index contributed by atoms with van der Waals surface area (Å²) >= 11 is 0. The Morgan fingerprint density at radius 3 is 2.40 bits per heavy atom. The highest BCUT2D eigenvalue weighted by molar-refractivity contribution is 6.70. The molecule has 0 radical (unpaired) electrons. The maximum atomic E-state index is 11.3. The number of hydrogen-bond acceptors (Lipinski definition) is 5. The largest absolute Gasteiger partial charge is 0.542 e. The first kappa shape index (κ1) is 16.5. The zero-order chi connectivity index (χ0) is 15.3. The van der Waals surface area contributed by atoms with Crippen LogP contribution in [-0.2, 0) is 16.0 Å². The third-order valence-electron chi connectivity index (χ3n) is 2.60. The van der Waals surface area contributed by atoms with Crippen molar-refractivity contribution >= 4 is 14.3 Å². The third-order valence-corrected chi connectivity index (χ3v) is 3.44. The monoisotopic (exact) mass is 297 g/mol. The van der Waals surface area contributed by atoms with E-state index in [1.807, 2.05) is 18.2 Å². The summed E-state index contributed by atoms with van der Waals surface area (Å²) in [6, 6.07) is 4.92. The molecule has 0 bridgehead atoms. The van der Waals surface area contributed by atoms with Crippen molar-refractivity contribution in [3.8, 4) is 11.5 Å². The zero-order valence-electron chi connectivity index (χ0n) is 12.7. The van der Waals surface area contributed by atoms with Gasteiger partial charge in [-0.1, -0.05) is 6.07 Å². The van der Waals surface area contributed by atoms with Gasteiger partial charge in [-0.3, -0.25) is 4.79 Å². The van der Waals surface area contributed by atoms with E-state index in [1.165, 1.54) is 7.11 Å². The molecule has 0 saturated heterocycles. The van der Waals surface area contributed by atoms with E-state index in [2.05, 4.69) is 24.4 Å². The number of rotatable bonds is 6. The Balaban J connectivity index is 2.89. The van der Waals surface area contributed by atoms with E-state index in [0.717, 1.165) is 11.3 Å². The Labute approximate surface area is 121 Å². The molecular weight excluding hydrogens is 274 g/mol. The number of esters is 1. The van der Waals surface area contributed by atoms with Crippen molar-refractivity contribution in [1.29, 1.82) is 0 Å². The second-order valence-electron chi connectivity index (χ2n) is 5.53. The van der Waals surface area contributed by atoms with E-state index in [1.54, 1.807) is 7.11 Å². The van der Waals surface area contributed by atoms with E-state index < -0.39 is 20.3 Å². The first-order chi connectivity index (χ1) is 9.26. The minimum atomic E-state index is -1.70. The molecular formula is C14H23NO4Si. The molecule has 5 nitrogen and oxygen atoms in total. The molecule has 6 heteroatoms. The summed E-state index contributed by atoms with van der Waals surface area (Å²) in [4.78, 5) is 11.3. The van der Waals surface area contributed by atoms with Gasteiger partial charge in [0.05, 0.1) is 14.2 Å². The summed E-state index contributed by atoms with van der Waals surface area (Å²) in [6.07, 6.45) is 0.399. The van der Waals surface area contributed by atoms with Crippen LogP contribution in [0.25, 0.3) is 0 Å². The highest BCUT2D eigenvalue weighted by atomic mass is 28.4. The molecule has 0 aromatic heterocycles. The third kappa shape index (κ3) is 4.86. The predicted molar refractivity (Wildman–Crippen MR) is 80.7 cm³/mol. The first-order valence-corrected chi connectivity index (χ1v) is 9.87. The van der Waals surface area contributed by atoms with Crippen LogP contribution in [0, 0.1) is 0 Å². The van der Waals surface area contributed by atoms with Crippen LogP contribution in [0.1, 0.15) is 5.56 Å². The Bertz CT molecular complexity index is 471. The van der Waals surface area contributed by atoms with Crippen molar-refractivity contribution in [2.45, 2.75) is 32.1 Å². The van der Waals surface area contributed by atoms with Crippen molar-refractivity contribution in [3.63, 3.8) is 0 Å². The van der Waals surface area contributed by atoms with Gasteiger partial charge in [-0.15, -0.1) is 0 Å². The van der Waals surface area contributed by atoms with Crippen LogP contribution >= 0.6 is 0 Å². The molecule has 20 heavy (non-hydrogen) atoms. The zero-order valence-corrected chi connectivity index (χ0v) is 13.7. The van der Waals surface area contributed by atoms with Gasteiger partial charge in [0.15, 0.2) is 5.75 Å². The molecule has 1 atom stereocenters. The second kappa shape index (κ2) is 6.76. The molecule has 1 rings (SSSR count). The van der Waals surface area contributed by atoms with E-state index in [-0.39, 0.29) is 0 Å². The van der Waals surface area contributed by atoms with E-state index in [4.69, 9.17) is 14.9 Å². The van der Waals surface area contributed by atoms with Gasteiger partial charge < -0.3 is 19.6 Å². The van der Waals surface area contributed by atoms with Crippen LogP contribution in [-0.4, -0.2) is 34.5 Å². The minimum Gasteiger partial charge on any atom is -0.542 e. The number of ether oxygens (including phenoxy) is 2. The van der Waals surface area contributed by atoms with Gasteiger partial charge in [0.25, 0.3) is 0 Å². The van der Waals surface area contributed by atoms with Gasteiger partial charge in [0.2, 0.25) is 8.32 Å². The van der Waals surface area contributed by atoms with Gasteiger partial charge in [-0.2, -0.15) is 0 Å². The summed E-state index contributed by atoms with van der Waals surface area (Å²) in [5.74, 6) is 0.954. The van der Waals surface area contributed by atoms with Crippen molar-refractivity contribution in [2.75, 3.05) is 14.2 Å². The fraction of sp³-hybridized carbons (Fsp3) is 0.500. The summed E-state index contributed by atoms with van der Waals surface area (Å²) in [7, 11) is 1.22. The fourth-order valence-electron chi connectivity index (χ4n) is 1.74. The minimum absolute atomic E-state index is 0.399. The van der Waals surface area contributed by atoms with E-state index >= 15 is 0 Å². The molecule has 2 N–H and O–H groups in total. The maximum absolute atomic E-state index is 11.3. The predicted octanol–water partition coefficient (Wildman–Crippen LogP) is 1.95. The van der Waals surface area contributed by atoms with Crippen molar-refractivity contribution in [1.82, 2.24) is 0 Å². The van der Waals surface area contributed by atoms with Gasteiger partial charge in [-0.05, 0) is 43.8 Å². The van der Waals surface area contributed by atoms with Gasteiger partial charge in [0.1, 0.15) is 11.8 Å². The fourth-order valence-corrected chi connectivity index (χ4v) is 2.57. The van der Waals surface area contributed by atoms with E-state index in [0.29, 0.717) is 12.2 Å². The van der Waals surface area contributed by atoms with E-state index in [9.17, 15) is 4.79 Å². The number of carbonyl (C=O) groups excluding carboxylic acids is 1. The SMILES string of the molecule is COC(=O)C(N)Cc1ccc(O[Si](C)(C)C)c(OC)c1. The number of methoxy groups -OCH3 is 2. The highest BCUT2D eigenvalue weighted by Crippen LogP contribution is 2.30. The molecule has 1 aromatic rings. The molecule has 112 valence electrons. The molecule has 0 aliphatic rings. The molecule has 0 aliphatic heterocycles. The highest BCUT2D eigenvalue weighted by Gasteiger charge is 2.20. The van der Waals surface area contributed by atoms with Crippen molar-refractivity contribution in [3.05, 3.63) is 23.8 Å². The average Bonchev–Trinajstić information content (AvgIpc) is 2.37. The van der Waals surface area contributed by atoms with Gasteiger partial charge >= 0.3 is 5.97 Å². The number of hydrogen-bond donors (Lipinski definition) is 1. The van der Waals surface area contributed by atoms with Crippen LogP contribution in [0.15, 0.2) is 18.2 Å². The van der Waals surface area contributed by atoms with Gasteiger partial charge in [0, 0.05) is 0 Å². The first-order valence-electron chi connectivity index (χ1n) is 6.46. The summed E-state index contributed by atoms with van der Waals surface area (Å²) in [5, 5.41) is 0. The number of nitrogens with two attached hydrogens (primary N) is 1. The average molecular weight is 297 g/mol. The molecule has 1 aromatic carbocycles. The molecule has 0 heterocycles. The van der Waals surface area contributed by atoms with Crippen LogP contribution in [0.5, 0.6) is 11.5 Å².